The molecule has 0 unspecified atom stereocenters. The molecule has 4 rings (SSSR count). The summed E-state index contributed by atoms with van der Waals surface area (Å²) in [6.45, 7) is 1.76. The molecule has 7 nitrogen and oxygen atoms in total. The van der Waals surface area contributed by atoms with Crippen molar-refractivity contribution >= 4 is 44.5 Å². The Morgan fingerprint density at radius 1 is 0.968 bits per heavy atom. The summed E-state index contributed by atoms with van der Waals surface area (Å²) < 4.78 is 32.4. The number of carbonyl (C=O) groups excluding carboxylic acids is 1. The highest BCUT2D eigenvalue weighted by atomic mass is 32.2. The maximum Gasteiger partial charge on any atom is 0.255 e. The van der Waals surface area contributed by atoms with Crippen molar-refractivity contribution in [3.63, 3.8) is 0 Å². The van der Waals surface area contributed by atoms with Crippen LogP contribution in [-0.4, -0.2) is 19.3 Å². The Labute approximate surface area is 179 Å². The second kappa shape index (κ2) is 8.45. The summed E-state index contributed by atoms with van der Waals surface area (Å²) in [5.41, 5.74) is 3.41. The summed E-state index contributed by atoms with van der Waals surface area (Å²) >= 11 is 0. The van der Waals surface area contributed by atoms with Crippen molar-refractivity contribution in [1.82, 2.24) is 4.98 Å². The third-order valence-corrected chi connectivity index (χ3v) is 5.41. The van der Waals surface area contributed by atoms with E-state index in [1.165, 1.54) is 18.2 Å². The number of hydrogen-bond acceptors (Lipinski definition) is 5. The van der Waals surface area contributed by atoms with Crippen molar-refractivity contribution in [3.8, 4) is 0 Å². The number of oxazole rings is 1. The molecule has 0 atom stereocenters. The van der Waals surface area contributed by atoms with Crippen molar-refractivity contribution in [3.05, 3.63) is 95.2 Å². The van der Waals surface area contributed by atoms with Crippen LogP contribution in [0, 0.1) is 6.92 Å². The van der Waals surface area contributed by atoms with Gasteiger partial charge >= 0.3 is 0 Å². The van der Waals surface area contributed by atoms with Crippen LogP contribution in [0.15, 0.2) is 82.6 Å². The molecule has 0 fully saturated rings. The minimum atomic E-state index is -3.68. The Balaban J connectivity index is 1.42. The molecule has 1 heterocycles. The van der Waals surface area contributed by atoms with E-state index in [0.29, 0.717) is 33.9 Å². The maximum atomic E-state index is 12.5. The third-order valence-electron chi connectivity index (χ3n) is 4.40. The average molecular weight is 433 g/mol. The smallest absolute Gasteiger partial charge is 0.255 e. The number of aryl methyl sites for hydroxylation is 1. The summed E-state index contributed by atoms with van der Waals surface area (Å²) in [6, 6.07) is 20.5. The fraction of sp³-hybridized carbons (Fsp3) is 0.0435. The van der Waals surface area contributed by atoms with Gasteiger partial charge in [0.05, 0.1) is 5.41 Å². The van der Waals surface area contributed by atoms with Crippen LogP contribution in [0.3, 0.4) is 0 Å². The van der Waals surface area contributed by atoms with Gasteiger partial charge in [0.2, 0.25) is 0 Å². The maximum absolute atomic E-state index is 12.5. The summed E-state index contributed by atoms with van der Waals surface area (Å²) in [4.78, 5) is 16.8. The van der Waals surface area contributed by atoms with Crippen LogP contribution in [0.5, 0.6) is 0 Å². The Morgan fingerprint density at radius 3 is 2.42 bits per heavy atom. The number of sulfonamides is 1. The molecule has 0 saturated carbocycles. The standard InChI is InChI=1S/C23H19N3O4S/c1-16-24-21-15-20(11-12-22(21)30-16)25-23(27)18-7-9-19(10-8-18)26-31(28,29)14-13-17-5-3-2-4-6-17/h2-15,26H,1H3,(H,25,27)/b14-13+. The Hall–Kier alpha value is -3.91. The van der Waals surface area contributed by atoms with Crippen molar-refractivity contribution in [2.45, 2.75) is 6.92 Å². The zero-order valence-corrected chi connectivity index (χ0v) is 17.4. The molecule has 1 amide bonds. The second-order valence-electron chi connectivity index (χ2n) is 6.81. The number of fused-ring (bicyclic) bond motifs is 1. The van der Waals surface area contributed by atoms with Crippen molar-refractivity contribution in [2.24, 2.45) is 0 Å². The third kappa shape index (κ3) is 5.18. The van der Waals surface area contributed by atoms with Crippen molar-refractivity contribution < 1.29 is 17.6 Å². The molecule has 2 N–H and O–H groups in total. The molecule has 0 aliphatic heterocycles. The first-order valence-electron chi connectivity index (χ1n) is 9.42. The van der Waals surface area contributed by atoms with Crippen LogP contribution in [0.25, 0.3) is 17.2 Å². The first-order chi connectivity index (χ1) is 14.9. The number of nitrogens with one attached hydrogen (secondary N) is 2. The van der Waals surface area contributed by atoms with Gasteiger partial charge in [0, 0.05) is 23.9 Å². The monoisotopic (exact) mass is 433 g/mol. The predicted molar refractivity (Wildman–Crippen MR) is 121 cm³/mol. The molecule has 0 aliphatic rings. The molecule has 4 aromatic rings. The number of nitrogens with zero attached hydrogens (tertiary/aromatic N) is 1. The lowest BCUT2D eigenvalue weighted by atomic mass is 10.2. The first-order valence-corrected chi connectivity index (χ1v) is 11.0. The molecule has 0 bridgehead atoms. The van der Waals surface area contributed by atoms with Gasteiger partial charge in [-0.3, -0.25) is 9.52 Å². The number of carbonyl (C=O) groups is 1. The van der Waals surface area contributed by atoms with E-state index < -0.39 is 10.0 Å². The van der Waals surface area contributed by atoms with Crippen LogP contribution in [0.2, 0.25) is 0 Å². The van der Waals surface area contributed by atoms with Gasteiger partial charge < -0.3 is 9.73 Å². The average Bonchev–Trinajstić information content (AvgIpc) is 3.12. The number of rotatable bonds is 6. The molecule has 0 aliphatic carbocycles. The zero-order chi connectivity index (χ0) is 21.8. The summed E-state index contributed by atoms with van der Waals surface area (Å²) in [7, 11) is -3.68. The van der Waals surface area contributed by atoms with Gasteiger partial charge in [0.1, 0.15) is 5.52 Å². The molecule has 0 saturated heterocycles. The van der Waals surface area contributed by atoms with E-state index in [-0.39, 0.29) is 5.91 Å². The number of aromatic nitrogens is 1. The Morgan fingerprint density at radius 2 is 1.68 bits per heavy atom. The van der Waals surface area contributed by atoms with E-state index in [1.54, 1.807) is 49.4 Å². The zero-order valence-electron chi connectivity index (χ0n) is 16.6. The van der Waals surface area contributed by atoms with Gasteiger partial charge in [0.25, 0.3) is 15.9 Å². The molecular formula is C23H19N3O4S. The molecule has 1 aromatic heterocycles. The van der Waals surface area contributed by atoms with Crippen LogP contribution < -0.4 is 10.0 Å². The van der Waals surface area contributed by atoms with Gasteiger partial charge in [-0.15, -0.1) is 0 Å². The fourth-order valence-corrected chi connectivity index (χ4v) is 3.81. The summed E-state index contributed by atoms with van der Waals surface area (Å²) in [5.74, 6) is 0.230. The highest BCUT2D eigenvalue weighted by Gasteiger charge is 2.10. The molecule has 156 valence electrons. The second-order valence-corrected chi connectivity index (χ2v) is 8.37. The number of hydrogen-bond donors (Lipinski definition) is 2. The van der Waals surface area contributed by atoms with E-state index >= 15 is 0 Å². The lowest BCUT2D eigenvalue weighted by molar-refractivity contribution is 0.102. The summed E-state index contributed by atoms with van der Waals surface area (Å²) in [5, 5.41) is 3.90. The van der Waals surface area contributed by atoms with Gasteiger partial charge in [0.15, 0.2) is 11.5 Å². The number of anilines is 2. The molecule has 31 heavy (non-hydrogen) atoms. The largest absolute Gasteiger partial charge is 0.441 e. The van der Waals surface area contributed by atoms with Gasteiger partial charge in [-0.05, 0) is 54.1 Å². The quantitative estimate of drug-likeness (QED) is 0.455. The normalized spacial score (nSPS) is 11.6. The van der Waals surface area contributed by atoms with E-state index in [4.69, 9.17) is 4.42 Å². The molecule has 3 aromatic carbocycles. The highest BCUT2D eigenvalue weighted by molar-refractivity contribution is 7.95. The highest BCUT2D eigenvalue weighted by Crippen LogP contribution is 2.20. The first kappa shape index (κ1) is 20.4. The van der Waals surface area contributed by atoms with Crippen LogP contribution in [0.4, 0.5) is 11.4 Å². The lowest BCUT2D eigenvalue weighted by Gasteiger charge is -2.07. The van der Waals surface area contributed by atoms with Crippen LogP contribution >= 0.6 is 0 Å². The van der Waals surface area contributed by atoms with Crippen molar-refractivity contribution in [1.29, 1.82) is 0 Å². The Bertz CT molecular complexity index is 1360. The topological polar surface area (TPSA) is 101 Å². The van der Waals surface area contributed by atoms with Gasteiger partial charge in [-0.25, -0.2) is 13.4 Å². The number of amides is 1. The molecule has 0 spiro atoms. The van der Waals surface area contributed by atoms with Gasteiger partial charge in [-0.2, -0.15) is 0 Å². The summed E-state index contributed by atoms with van der Waals surface area (Å²) in [6.07, 6.45) is 1.51. The SMILES string of the molecule is Cc1nc2cc(NC(=O)c3ccc(NS(=O)(=O)/C=C/c4ccccc4)cc3)ccc2o1. The molecule has 0 radical (unpaired) electrons. The van der Waals surface area contributed by atoms with E-state index in [9.17, 15) is 13.2 Å². The molecule has 8 heteroatoms. The molecular weight excluding hydrogens is 414 g/mol. The lowest BCUT2D eigenvalue weighted by Crippen LogP contribution is -2.12. The van der Waals surface area contributed by atoms with Crippen LogP contribution in [0.1, 0.15) is 21.8 Å². The van der Waals surface area contributed by atoms with Crippen molar-refractivity contribution in [2.75, 3.05) is 10.0 Å². The van der Waals surface area contributed by atoms with E-state index in [1.807, 2.05) is 18.2 Å². The Kier molecular flexibility index (Phi) is 5.55. The van der Waals surface area contributed by atoms with Crippen LogP contribution in [-0.2, 0) is 10.0 Å². The minimum Gasteiger partial charge on any atom is -0.441 e. The van der Waals surface area contributed by atoms with E-state index in [0.717, 1.165) is 11.0 Å². The fourth-order valence-electron chi connectivity index (χ4n) is 2.94. The van der Waals surface area contributed by atoms with E-state index in [2.05, 4.69) is 15.0 Å². The number of benzene rings is 3. The van der Waals surface area contributed by atoms with Gasteiger partial charge in [-0.1, -0.05) is 30.3 Å². The minimum absolute atomic E-state index is 0.321. The predicted octanol–water partition coefficient (Wildman–Crippen LogP) is 4.80.